The van der Waals surface area contributed by atoms with Crippen LogP contribution in [0.2, 0.25) is 0 Å². The van der Waals surface area contributed by atoms with Gasteiger partial charge in [0, 0.05) is 31.9 Å². The molecule has 0 aliphatic carbocycles. The van der Waals surface area contributed by atoms with Crippen LogP contribution in [0.5, 0.6) is 0 Å². The van der Waals surface area contributed by atoms with Crippen LogP contribution < -0.4 is 5.32 Å². The highest BCUT2D eigenvalue weighted by Gasteiger charge is 2.19. The average Bonchev–Trinajstić information content (AvgIpc) is 2.97. The Morgan fingerprint density at radius 1 is 1.25 bits per heavy atom. The normalized spacial score (nSPS) is 16.6. The lowest BCUT2D eigenvalue weighted by atomic mass is 10.0. The van der Waals surface area contributed by atoms with Gasteiger partial charge in [-0.1, -0.05) is 30.3 Å². The van der Waals surface area contributed by atoms with Crippen LogP contribution in [0.25, 0.3) is 0 Å². The first-order valence-corrected chi connectivity index (χ1v) is 6.70. The SMILES string of the molecule is COC(C)=O.c1ccc(C2NCCn3cccc32)cc1. The van der Waals surface area contributed by atoms with Crippen LogP contribution >= 0.6 is 0 Å². The largest absolute Gasteiger partial charge is 0.469 e. The molecule has 0 saturated carbocycles. The van der Waals surface area contributed by atoms with Gasteiger partial charge in [0.2, 0.25) is 0 Å². The number of aromatic nitrogens is 1. The van der Waals surface area contributed by atoms with E-state index in [1.807, 2.05) is 0 Å². The van der Waals surface area contributed by atoms with Crippen LogP contribution in [0.3, 0.4) is 0 Å². The number of fused-ring (bicyclic) bond motifs is 1. The van der Waals surface area contributed by atoms with Crippen LogP contribution in [-0.4, -0.2) is 24.2 Å². The molecule has 4 nitrogen and oxygen atoms in total. The molecule has 1 aliphatic heterocycles. The van der Waals surface area contributed by atoms with E-state index in [0.29, 0.717) is 6.04 Å². The molecular weight excluding hydrogens is 252 g/mol. The standard InChI is InChI=1S/C13H14N2.C3H6O2/c1-2-5-11(6-3-1)13-12-7-4-9-15(12)10-8-14-13;1-3(4)5-2/h1-7,9,13-14H,8,10H2;1-2H3. The second kappa shape index (κ2) is 6.91. The van der Waals surface area contributed by atoms with Crippen molar-refractivity contribution in [1.29, 1.82) is 0 Å². The first kappa shape index (κ1) is 14.3. The van der Waals surface area contributed by atoms with Crippen molar-refractivity contribution in [3.8, 4) is 0 Å². The number of ether oxygens (including phenoxy) is 1. The van der Waals surface area contributed by atoms with Crippen molar-refractivity contribution in [2.24, 2.45) is 0 Å². The summed E-state index contributed by atoms with van der Waals surface area (Å²) in [5, 5.41) is 3.56. The maximum absolute atomic E-state index is 9.59. The summed E-state index contributed by atoms with van der Waals surface area (Å²) in [7, 11) is 1.35. The molecule has 1 aliphatic rings. The number of carbonyl (C=O) groups is 1. The van der Waals surface area contributed by atoms with Gasteiger partial charge in [0.15, 0.2) is 0 Å². The summed E-state index contributed by atoms with van der Waals surface area (Å²) in [5.41, 5.74) is 2.71. The lowest BCUT2D eigenvalue weighted by Crippen LogP contribution is -2.33. The summed E-state index contributed by atoms with van der Waals surface area (Å²) < 4.78 is 6.44. The highest BCUT2D eigenvalue weighted by Crippen LogP contribution is 2.24. The van der Waals surface area contributed by atoms with E-state index in [9.17, 15) is 4.79 Å². The molecule has 0 fully saturated rings. The topological polar surface area (TPSA) is 43.3 Å². The molecule has 1 aromatic carbocycles. The average molecular weight is 272 g/mol. The fraction of sp³-hybridized carbons (Fsp3) is 0.312. The van der Waals surface area contributed by atoms with E-state index in [0.717, 1.165) is 13.1 Å². The van der Waals surface area contributed by atoms with Crippen molar-refractivity contribution >= 4 is 5.97 Å². The summed E-state index contributed by atoms with van der Waals surface area (Å²) in [4.78, 5) is 9.59. The third-order valence-electron chi connectivity index (χ3n) is 3.28. The molecule has 4 heteroatoms. The number of hydrogen-bond donors (Lipinski definition) is 1. The van der Waals surface area contributed by atoms with Crippen molar-refractivity contribution in [2.45, 2.75) is 19.5 Å². The number of nitrogens with zero attached hydrogens (tertiary/aromatic N) is 1. The van der Waals surface area contributed by atoms with E-state index in [4.69, 9.17) is 0 Å². The third-order valence-corrected chi connectivity index (χ3v) is 3.28. The lowest BCUT2D eigenvalue weighted by Gasteiger charge is -2.26. The lowest BCUT2D eigenvalue weighted by molar-refractivity contribution is -0.137. The van der Waals surface area contributed by atoms with Gasteiger partial charge in [0.25, 0.3) is 0 Å². The van der Waals surface area contributed by atoms with Gasteiger partial charge in [-0.2, -0.15) is 0 Å². The molecule has 0 bridgehead atoms. The number of esters is 1. The van der Waals surface area contributed by atoms with Gasteiger partial charge >= 0.3 is 5.97 Å². The van der Waals surface area contributed by atoms with Crippen LogP contribution in [-0.2, 0) is 16.1 Å². The van der Waals surface area contributed by atoms with Crippen LogP contribution in [0, 0.1) is 0 Å². The highest BCUT2D eigenvalue weighted by atomic mass is 16.5. The number of carbonyl (C=O) groups excluding carboxylic acids is 1. The zero-order valence-electron chi connectivity index (χ0n) is 11.9. The number of benzene rings is 1. The summed E-state index contributed by atoms with van der Waals surface area (Å²) in [6.07, 6.45) is 2.16. The molecule has 0 amide bonds. The van der Waals surface area contributed by atoms with Crippen molar-refractivity contribution in [2.75, 3.05) is 13.7 Å². The van der Waals surface area contributed by atoms with E-state index in [1.165, 1.54) is 25.3 Å². The van der Waals surface area contributed by atoms with Crippen molar-refractivity contribution in [3.63, 3.8) is 0 Å². The Kier molecular flexibility index (Phi) is 4.96. The van der Waals surface area contributed by atoms with Gasteiger partial charge in [-0.3, -0.25) is 4.79 Å². The van der Waals surface area contributed by atoms with Gasteiger partial charge in [-0.25, -0.2) is 0 Å². The first-order valence-electron chi connectivity index (χ1n) is 6.70. The van der Waals surface area contributed by atoms with Gasteiger partial charge < -0.3 is 14.6 Å². The summed E-state index contributed by atoms with van der Waals surface area (Å²) >= 11 is 0. The molecule has 2 aromatic rings. The number of nitrogens with one attached hydrogen (secondary N) is 1. The molecular formula is C16H20N2O2. The van der Waals surface area contributed by atoms with Crippen molar-refractivity contribution < 1.29 is 9.53 Å². The zero-order chi connectivity index (χ0) is 14.4. The molecule has 1 N–H and O–H groups in total. The number of rotatable bonds is 1. The van der Waals surface area contributed by atoms with E-state index in [2.05, 4.69) is 63.3 Å². The van der Waals surface area contributed by atoms with Crippen molar-refractivity contribution in [1.82, 2.24) is 9.88 Å². The predicted octanol–water partition coefficient (Wildman–Crippen LogP) is 2.36. The Bertz CT molecular complexity index is 549. The maximum Gasteiger partial charge on any atom is 0.302 e. The predicted molar refractivity (Wildman–Crippen MR) is 78.4 cm³/mol. The minimum Gasteiger partial charge on any atom is -0.469 e. The smallest absolute Gasteiger partial charge is 0.302 e. The molecule has 20 heavy (non-hydrogen) atoms. The quantitative estimate of drug-likeness (QED) is 0.810. The minimum atomic E-state index is -0.245. The van der Waals surface area contributed by atoms with E-state index >= 15 is 0 Å². The fourth-order valence-electron chi connectivity index (χ4n) is 2.26. The molecule has 1 atom stereocenters. The van der Waals surface area contributed by atoms with Gasteiger partial charge in [-0.15, -0.1) is 0 Å². The number of methoxy groups -OCH3 is 1. The van der Waals surface area contributed by atoms with Gasteiger partial charge in [-0.05, 0) is 17.7 Å². The Morgan fingerprint density at radius 3 is 2.60 bits per heavy atom. The van der Waals surface area contributed by atoms with Crippen molar-refractivity contribution in [3.05, 3.63) is 59.9 Å². The van der Waals surface area contributed by atoms with Gasteiger partial charge in [0.05, 0.1) is 13.2 Å². The number of hydrogen-bond acceptors (Lipinski definition) is 3. The van der Waals surface area contributed by atoms with Crippen LogP contribution in [0.4, 0.5) is 0 Å². The maximum atomic E-state index is 9.59. The zero-order valence-corrected chi connectivity index (χ0v) is 11.9. The van der Waals surface area contributed by atoms with Crippen LogP contribution in [0.1, 0.15) is 24.2 Å². The molecule has 106 valence electrons. The Labute approximate surface area is 119 Å². The summed E-state index contributed by atoms with van der Waals surface area (Å²) in [6, 6.07) is 15.3. The molecule has 1 unspecified atom stereocenters. The van der Waals surface area contributed by atoms with Crippen LogP contribution in [0.15, 0.2) is 48.7 Å². The van der Waals surface area contributed by atoms with E-state index < -0.39 is 0 Å². The summed E-state index contributed by atoms with van der Waals surface area (Å²) in [6.45, 7) is 3.48. The van der Waals surface area contributed by atoms with E-state index in [-0.39, 0.29) is 5.97 Å². The molecule has 2 heterocycles. The Hall–Kier alpha value is -2.07. The second-order valence-electron chi connectivity index (χ2n) is 4.62. The molecule has 1 aromatic heterocycles. The monoisotopic (exact) mass is 272 g/mol. The fourth-order valence-corrected chi connectivity index (χ4v) is 2.26. The molecule has 3 rings (SSSR count). The van der Waals surface area contributed by atoms with E-state index in [1.54, 1.807) is 0 Å². The highest BCUT2D eigenvalue weighted by molar-refractivity contribution is 5.65. The van der Waals surface area contributed by atoms with Gasteiger partial charge in [0.1, 0.15) is 0 Å². The first-order chi connectivity index (χ1) is 9.72. The Balaban J connectivity index is 0.000000257. The Morgan fingerprint density at radius 2 is 1.95 bits per heavy atom. The second-order valence-corrected chi connectivity index (χ2v) is 4.62. The molecule has 0 saturated heterocycles. The minimum absolute atomic E-state index is 0.245. The summed E-state index contributed by atoms with van der Waals surface area (Å²) in [5.74, 6) is -0.245. The molecule has 0 spiro atoms. The molecule has 0 radical (unpaired) electrons. The third kappa shape index (κ3) is 3.48.